The second-order valence-electron chi connectivity index (χ2n) is 5.23. The van der Waals surface area contributed by atoms with E-state index in [1.165, 1.54) is 0 Å². The predicted octanol–water partition coefficient (Wildman–Crippen LogP) is 1.45. The molecule has 2 heterocycles. The standard InChI is InChI=1S/C13H17BrN4O2/c14-10-1-2-12(13(7-10)18(19)20)17-8-11(9-17)16-5-3-15-4-6-16/h1-2,7,11,15H,3-6,8-9H2. The SMILES string of the molecule is O=[N+]([O-])c1cc(Br)ccc1N1CC(N2CCNCC2)C1. The third-order valence-corrected chi connectivity index (χ3v) is 4.50. The van der Waals surface area contributed by atoms with Gasteiger partial charge in [0, 0.05) is 55.8 Å². The van der Waals surface area contributed by atoms with Crippen molar-refractivity contribution in [3.05, 3.63) is 32.8 Å². The number of hydrogen-bond acceptors (Lipinski definition) is 5. The molecule has 20 heavy (non-hydrogen) atoms. The second kappa shape index (κ2) is 5.67. The summed E-state index contributed by atoms with van der Waals surface area (Å²) in [6.07, 6.45) is 0. The molecule has 3 rings (SSSR count). The maximum Gasteiger partial charge on any atom is 0.293 e. The number of piperazine rings is 1. The Balaban J connectivity index is 1.68. The zero-order valence-corrected chi connectivity index (χ0v) is 12.7. The Morgan fingerprint density at radius 2 is 2.00 bits per heavy atom. The number of nitrogens with zero attached hydrogens (tertiary/aromatic N) is 3. The van der Waals surface area contributed by atoms with E-state index in [0.717, 1.165) is 49.4 Å². The fraction of sp³-hybridized carbons (Fsp3) is 0.538. The van der Waals surface area contributed by atoms with E-state index in [1.54, 1.807) is 6.07 Å². The number of nitro benzene ring substituents is 1. The summed E-state index contributed by atoms with van der Waals surface area (Å²) in [7, 11) is 0. The highest BCUT2D eigenvalue weighted by Crippen LogP contribution is 2.34. The predicted molar refractivity (Wildman–Crippen MR) is 81.2 cm³/mol. The number of nitro groups is 1. The molecule has 2 aliphatic rings. The molecule has 2 saturated heterocycles. The molecule has 0 atom stereocenters. The van der Waals surface area contributed by atoms with E-state index in [1.807, 2.05) is 12.1 Å². The number of rotatable bonds is 3. The molecule has 0 radical (unpaired) electrons. The van der Waals surface area contributed by atoms with Gasteiger partial charge in [0.05, 0.1) is 4.92 Å². The van der Waals surface area contributed by atoms with Gasteiger partial charge in [-0.25, -0.2) is 0 Å². The first-order chi connectivity index (χ1) is 9.65. The number of nitrogens with one attached hydrogen (secondary N) is 1. The minimum atomic E-state index is -0.307. The van der Waals surface area contributed by atoms with Crippen molar-refractivity contribution in [3.8, 4) is 0 Å². The Kier molecular flexibility index (Phi) is 3.91. The molecule has 0 unspecified atom stereocenters. The van der Waals surface area contributed by atoms with Gasteiger partial charge in [-0.05, 0) is 12.1 Å². The van der Waals surface area contributed by atoms with Crippen LogP contribution in [0.25, 0.3) is 0 Å². The smallest absolute Gasteiger partial charge is 0.293 e. The molecule has 0 spiro atoms. The van der Waals surface area contributed by atoms with Gasteiger partial charge in [0.2, 0.25) is 0 Å². The van der Waals surface area contributed by atoms with Gasteiger partial charge in [-0.2, -0.15) is 0 Å². The third kappa shape index (κ3) is 2.65. The summed E-state index contributed by atoms with van der Waals surface area (Å²) in [6.45, 7) is 5.97. The van der Waals surface area contributed by atoms with Crippen LogP contribution in [0.15, 0.2) is 22.7 Å². The van der Waals surface area contributed by atoms with Gasteiger partial charge >= 0.3 is 0 Å². The average Bonchev–Trinajstić information content (AvgIpc) is 2.39. The van der Waals surface area contributed by atoms with Crippen LogP contribution in [0.5, 0.6) is 0 Å². The lowest BCUT2D eigenvalue weighted by molar-refractivity contribution is -0.384. The average molecular weight is 341 g/mol. The van der Waals surface area contributed by atoms with E-state index in [0.29, 0.717) is 6.04 Å². The van der Waals surface area contributed by atoms with Crippen molar-refractivity contribution < 1.29 is 4.92 Å². The van der Waals surface area contributed by atoms with E-state index in [4.69, 9.17) is 0 Å². The van der Waals surface area contributed by atoms with Crippen LogP contribution in [-0.2, 0) is 0 Å². The quantitative estimate of drug-likeness (QED) is 0.666. The molecule has 6 nitrogen and oxygen atoms in total. The molecule has 1 aromatic rings. The number of hydrogen-bond donors (Lipinski definition) is 1. The minimum absolute atomic E-state index is 0.179. The Bertz CT molecular complexity index is 513. The Labute approximate surface area is 126 Å². The van der Waals surface area contributed by atoms with Gasteiger partial charge in [0.25, 0.3) is 5.69 Å². The summed E-state index contributed by atoms with van der Waals surface area (Å²) in [5.74, 6) is 0. The van der Waals surface area contributed by atoms with Crippen LogP contribution in [0.2, 0.25) is 0 Å². The van der Waals surface area contributed by atoms with Crippen molar-refractivity contribution in [2.24, 2.45) is 0 Å². The second-order valence-corrected chi connectivity index (χ2v) is 6.15. The Morgan fingerprint density at radius 1 is 1.30 bits per heavy atom. The summed E-state index contributed by atoms with van der Waals surface area (Å²) in [4.78, 5) is 15.4. The molecule has 0 bridgehead atoms. The summed E-state index contributed by atoms with van der Waals surface area (Å²) in [5, 5.41) is 14.5. The normalized spacial score (nSPS) is 20.8. The van der Waals surface area contributed by atoms with Crippen LogP contribution in [0, 0.1) is 10.1 Å². The highest BCUT2D eigenvalue weighted by Gasteiger charge is 2.35. The molecule has 2 aliphatic heterocycles. The van der Waals surface area contributed by atoms with Crippen molar-refractivity contribution in [1.29, 1.82) is 0 Å². The lowest BCUT2D eigenvalue weighted by atomic mass is 10.0. The molecular weight excluding hydrogens is 324 g/mol. The van der Waals surface area contributed by atoms with Crippen LogP contribution in [-0.4, -0.2) is 55.1 Å². The van der Waals surface area contributed by atoms with Gasteiger partial charge in [-0.3, -0.25) is 15.0 Å². The van der Waals surface area contributed by atoms with Crippen molar-refractivity contribution in [2.45, 2.75) is 6.04 Å². The van der Waals surface area contributed by atoms with E-state index >= 15 is 0 Å². The largest absolute Gasteiger partial charge is 0.363 e. The molecule has 1 N–H and O–H groups in total. The molecule has 0 aromatic heterocycles. The van der Waals surface area contributed by atoms with Crippen molar-refractivity contribution in [3.63, 3.8) is 0 Å². The van der Waals surface area contributed by atoms with Gasteiger partial charge < -0.3 is 10.2 Å². The van der Waals surface area contributed by atoms with Gasteiger partial charge in [-0.15, -0.1) is 0 Å². The molecule has 108 valence electrons. The van der Waals surface area contributed by atoms with Crippen LogP contribution in [0.3, 0.4) is 0 Å². The van der Waals surface area contributed by atoms with Crippen LogP contribution >= 0.6 is 15.9 Å². The van der Waals surface area contributed by atoms with Crippen LogP contribution < -0.4 is 10.2 Å². The number of anilines is 1. The topological polar surface area (TPSA) is 61.7 Å². The maximum atomic E-state index is 11.1. The van der Waals surface area contributed by atoms with Crippen LogP contribution in [0.4, 0.5) is 11.4 Å². The number of benzene rings is 1. The molecule has 7 heteroatoms. The molecule has 1 aromatic carbocycles. The lowest BCUT2D eigenvalue weighted by Gasteiger charge is -2.47. The Morgan fingerprint density at radius 3 is 2.65 bits per heavy atom. The summed E-state index contributed by atoms with van der Waals surface area (Å²) >= 11 is 3.29. The van der Waals surface area contributed by atoms with E-state index in [2.05, 4.69) is 31.0 Å². The maximum absolute atomic E-state index is 11.1. The summed E-state index contributed by atoms with van der Waals surface area (Å²) < 4.78 is 0.743. The van der Waals surface area contributed by atoms with E-state index in [9.17, 15) is 10.1 Å². The summed E-state index contributed by atoms with van der Waals surface area (Å²) in [5.41, 5.74) is 0.905. The van der Waals surface area contributed by atoms with Gasteiger partial charge in [-0.1, -0.05) is 15.9 Å². The molecule has 0 saturated carbocycles. The lowest BCUT2D eigenvalue weighted by Crippen LogP contribution is -2.63. The van der Waals surface area contributed by atoms with Crippen molar-refractivity contribution in [2.75, 3.05) is 44.2 Å². The van der Waals surface area contributed by atoms with Gasteiger partial charge in [0.1, 0.15) is 5.69 Å². The van der Waals surface area contributed by atoms with Crippen LogP contribution in [0.1, 0.15) is 0 Å². The van der Waals surface area contributed by atoms with E-state index < -0.39 is 0 Å². The van der Waals surface area contributed by atoms with Gasteiger partial charge in [0.15, 0.2) is 0 Å². The fourth-order valence-electron chi connectivity index (χ4n) is 2.84. The highest BCUT2D eigenvalue weighted by atomic mass is 79.9. The zero-order chi connectivity index (χ0) is 14.1. The first-order valence-electron chi connectivity index (χ1n) is 6.79. The monoisotopic (exact) mass is 340 g/mol. The summed E-state index contributed by atoms with van der Waals surface area (Å²) in [6, 6.07) is 5.80. The molecule has 0 amide bonds. The fourth-order valence-corrected chi connectivity index (χ4v) is 3.19. The number of halogens is 1. The van der Waals surface area contributed by atoms with E-state index in [-0.39, 0.29) is 10.6 Å². The minimum Gasteiger partial charge on any atom is -0.363 e. The molecule has 2 fully saturated rings. The zero-order valence-electron chi connectivity index (χ0n) is 11.1. The van der Waals surface area contributed by atoms with Crippen molar-refractivity contribution >= 4 is 27.3 Å². The first-order valence-corrected chi connectivity index (χ1v) is 7.58. The first kappa shape index (κ1) is 13.8. The van der Waals surface area contributed by atoms with Crippen molar-refractivity contribution in [1.82, 2.24) is 10.2 Å². The third-order valence-electron chi connectivity index (χ3n) is 4.01. The molecule has 0 aliphatic carbocycles. The highest BCUT2D eigenvalue weighted by molar-refractivity contribution is 9.10. The Hall–Kier alpha value is -1.18. The molecular formula is C13H17BrN4O2.